The highest BCUT2D eigenvalue weighted by atomic mass is 32.2. The summed E-state index contributed by atoms with van der Waals surface area (Å²) < 4.78 is 27.9. The maximum absolute atomic E-state index is 13.2. The summed E-state index contributed by atoms with van der Waals surface area (Å²) in [6.45, 7) is 2.32. The molecule has 0 saturated heterocycles. The number of hydrogen-bond acceptors (Lipinski definition) is 6. The van der Waals surface area contributed by atoms with Gasteiger partial charge in [-0.1, -0.05) is 60.3 Å². The maximum atomic E-state index is 13.2. The fourth-order valence-corrected chi connectivity index (χ4v) is 6.63. The number of nitrogens with one attached hydrogen (secondary N) is 2. The Morgan fingerprint density at radius 2 is 1.81 bits per heavy atom. The van der Waals surface area contributed by atoms with Gasteiger partial charge in [-0.3, -0.25) is 14.2 Å². The van der Waals surface area contributed by atoms with Crippen LogP contribution in [0.25, 0.3) is 11.4 Å². The summed E-state index contributed by atoms with van der Waals surface area (Å²) in [4.78, 5) is 17.5. The van der Waals surface area contributed by atoms with Gasteiger partial charge < -0.3 is 5.32 Å². The first kappa shape index (κ1) is 24.1. The Bertz CT molecular complexity index is 1470. The van der Waals surface area contributed by atoms with E-state index >= 15 is 0 Å². The number of carbonyl (C=O) groups is 1. The number of H-pyrrole nitrogens is 1. The molecule has 2 N–H and O–H groups in total. The molecule has 5 rings (SSSR count). The number of aromatic amines is 1. The summed E-state index contributed by atoms with van der Waals surface area (Å²) in [6, 6.07) is 23.1. The molecule has 0 spiro atoms. The van der Waals surface area contributed by atoms with Crippen LogP contribution in [-0.2, 0) is 16.4 Å². The highest BCUT2D eigenvalue weighted by Gasteiger charge is 2.36. The first-order valence-electron chi connectivity index (χ1n) is 11.5. The lowest BCUT2D eigenvalue weighted by Gasteiger charge is -2.24. The van der Waals surface area contributed by atoms with Gasteiger partial charge in [-0.25, -0.2) is 13.4 Å². The number of sulfonamides is 1. The Morgan fingerprint density at radius 3 is 2.56 bits per heavy atom. The van der Waals surface area contributed by atoms with E-state index in [2.05, 4.69) is 20.5 Å². The number of rotatable bonds is 8. The lowest BCUT2D eigenvalue weighted by molar-refractivity contribution is 0.0956. The van der Waals surface area contributed by atoms with Crippen LogP contribution in [0.2, 0.25) is 0 Å². The van der Waals surface area contributed by atoms with E-state index in [0.717, 1.165) is 11.1 Å². The summed E-state index contributed by atoms with van der Waals surface area (Å²) in [6.07, 6.45) is 0.549. The molecule has 36 heavy (non-hydrogen) atoms. The Kier molecular flexibility index (Phi) is 6.80. The van der Waals surface area contributed by atoms with E-state index in [1.54, 1.807) is 48.5 Å². The van der Waals surface area contributed by atoms with Crippen LogP contribution in [0.3, 0.4) is 0 Å². The Balaban J connectivity index is 1.19. The number of nitrogens with zero attached hydrogens (tertiary/aromatic N) is 3. The third-order valence-electron chi connectivity index (χ3n) is 5.93. The van der Waals surface area contributed by atoms with Gasteiger partial charge in [0.25, 0.3) is 15.9 Å². The maximum Gasteiger partial charge on any atom is 0.264 e. The number of carbonyl (C=O) groups excluding carboxylic acids is 1. The van der Waals surface area contributed by atoms with Crippen LogP contribution in [-0.4, -0.2) is 47.8 Å². The third-order valence-corrected chi connectivity index (χ3v) is 8.72. The molecule has 1 aromatic heterocycles. The number of hydrogen-bond donors (Lipinski definition) is 2. The number of amides is 1. The molecule has 0 aliphatic carbocycles. The minimum absolute atomic E-state index is 0.199. The molecule has 0 bridgehead atoms. The highest BCUT2D eigenvalue weighted by molar-refractivity contribution is 7.99. The molecular formula is C26H25N5O3S2. The average Bonchev–Trinajstić information content (AvgIpc) is 3.51. The van der Waals surface area contributed by atoms with E-state index in [1.807, 2.05) is 37.3 Å². The van der Waals surface area contributed by atoms with Gasteiger partial charge >= 0.3 is 0 Å². The average molecular weight is 520 g/mol. The zero-order valence-electron chi connectivity index (χ0n) is 19.6. The normalized spacial score (nSPS) is 15.0. The van der Waals surface area contributed by atoms with Gasteiger partial charge in [-0.15, -0.1) is 5.10 Å². The van der Waals surface area contributed by atoms with Crippen molar-refractivity contribution in [3.05, 3.63) is 90.0 Å². The SMILES string of the molecule is C[C@@H]1Cc2cc(C(=O)NCCSc3n[nH]c(-c4ccccc4)n3)ccc2N1S(=O)(=O)c1ccccc1. The molecule has 3 aromatic carbocycles. The topological polar surface area (TPSA) is 108 Å². The quantitative estimate of drug-likeness (QED) is 0.268. The molecule has 0 saturated carbocycles. The van der Waals surface area contributed by atoms with E-state index < -0.39 is 10.0 Å². The summed E-state index contributed by atoms with van der Waals surface area (Å²) in [5, 5.41) is 10.7. The molecule has 0 radical (unpaired) electrons. The second-order valence-electron chi connectivity index (χ2n) is 8.45. The summed E-state index contributed by atoms with van der Waals surface area (Å²) in [7, 11) is -3.68. The number of aromatic nitrogens is 3. The van der Waals surface area contributed by atoms with Crippen molar-refractivity contribution in [3.63, 3.8) is 0 Å². The van der Waals surface area contributed by atoms with Crippen LogP contribution in [0.5, 0.6) is 0 Å². The first-order chi connectivity index (χ1) is 17.4. The molecule has 4 aromatic rings. The molecule has 0 fully saturated rings. The Hall–Kier alpha value is -3.63. The van der Waals surface area contributed by atoms with Gasteiger partial charge in [0.15, 0.2) is 5.82 Å². The Labute approximate surface area is 214 Å². The molecule has 2 heterocycles. The van der Waals surface area contributed by atoms with Gasteiger partial charge in [0, 0.05) is 29.5 Å². The van der Waals surface area contributed by atoms with Crippen molar-refractivity contribution in [1.82, 2.24) is 20.5 Å². The van der Waals surface area contributed by atoms with Gasteiger partial charge in [0.2, 0.25) is 5.16 Å². The third kappa shape index (κ3) is 4.87. The molecule has 1 aliphatic heterocycles. The van der Waals surface area contributed by atoms with Crippen molar-refractivity contribution >= 4 is 33.4 Å². The minimum atomic E-state index is -3.68. The molecule has 1 atom stereocenters. The number of thioether (sulfide) groups is 1. The smallest absolute Gasteiger partial charge is 0.264 e. The van der Waals surface area contributed by atoms with Gasteiger partial charge in [0.1, 0.15) is 0 Å². The van der Waals surface area contributed by atoms with Crippen molar-refractivity contribution < 1.29 is 13.2 Å². The number of fused-ring (bicyclic) bond motifs is 1. The summed E-state index contributed by atoms with van der Waals surface area (Å²) in [5.41, 5.74) is 2.94. The lowest BCUT2D eigenvalue weighted by atomic mass is 10.1. The van der Waals surface area contributed by atoms with Gasteiger partial charge in [0.05, 0.1) is 10.6 Å². The molecule has 184 valence electrons. The van der Waals surface area contributed by atoms with Crippen LogP contribution in [0.1, 0.15) is 22.8 Å². The zero-order valence-corrected chi connectivity index (χ0v) is 21.2. The molecule has 1 amide bonds. The minimum Gasteiger partial charge on any atom is -0.351 e. The standard InChI is InChI=1S/C26H25N5O3S2/c1-18-16-21-17-20(12-13-23(21)31(18)36(33,34)22-10-6-3-7-11-22)25(32)27-14-15-35-26-28-24(29-30-26)19-8-4-2-5-9-19/h2-13,17-18H,14-16H2,1H3,(H,27,32)(H,28,29,30)/t18-/m1/s1. The van der Waals surface area contributed by atoms with Crippen molar-refractivity contribution in [2.24, 2.45) is 0 Å². The van der Waals surface area contributed by atoms with Crippen molar-refractivity contribution in [2.75, 3.05) is 16.6 Å². The monoisotopic (exact) mass is 519 g/mol. The molecule has 10 heteroatoms. The van der Waals surface area contributed by atoms with E-state index in [9.17, 15) is 13.2 Å². The lowest BCUT2D eigenvalue weighted by Crippen LogP contribution is -2.35. The van der Waals surface area contributed by atoms with Crippen molar-refractivity contribution in [1.29, 1.82) is 0 Å². The number of anilines is 1. The van der Waals surface area contributed by atoms with Crippen molar-refractivity contribution in [2.45, 2.75) is 29.4 Å². The summed E-state index contributed by atoms with van der Waals surface area (Å²) >= 11 is 1.45. The van der Waals surface area contributed by atoms with Crippen LogP contribution in [0.15, 0.2) is 88.9 Å². The second kappa shape index (κ2) is 10.2. The van der Waals surface area contributed by atoms with E-state index in [4.69, 9.17) is 0 Å². The molecule has 1 aliphatic rings. The van der Waals surface area contributed by atoms with Crippen molar-refractivity contribution in [3.8, 4) is 11.4 Å². The van der Waals surface area contributed by atoms with Gasteiger partial charge in [-0.05, 0) is 49.2 Å². The fourth-order valence-electron chi connectivity index (χ4n) is 4.26. The first-order valence-corrected chi connectivity index (χ1v) is 14.0. The van der Waals surface area contributed by atoms with Gasteiger partial charge in [-0.2, -0.15) is 0 Å². The predicted octanol–water partition coefficient (Wildman–Crippen LogP) is 4.13. The van der Waals surface area contributed by atoms with E-state index in [-0.39, 0.29) is 16.8 Å². The summed E-state index contributed by atoms with van der Waals surface area (Å²) in [5.74, 6) is 1.12. The highest BCUT2D eigenvalue weighted by Crippen LogP contribution is 2.37. The fraction of sp³-hybridized carbons (Fsp3) is 0.192. The molecule has 8 nitrogen and oxygen atoms in total. The van der Waals surface area contributed by atoms with Crippen LogP contribution < -0.4 is 9.62 Å². The molecular weight excluding hydrogens is 494 g/mol. The zero-order chi connectivity index (χ0) is 25.1. The van der Waals surface area contributed by atoms with E-state index in [1.165, 1.54) is 16.1 Å². The predicted molar refractivity (Wildman–Crippen MR) is 141 cm³/mol. The number of benzene rings is 3. The molecule has 0 unspecified atom stereocenters. The van der Waals surface area contributed by atoms with E-state index in [0.29, 0.717) is 41.0 Å². The van der Waals surface area contributed by atoms with Crippen LogP contribution >= 0.6 is 11.8 Å². The Morgan fingerprint density at radius 1 is 1.08 bits per heavy atom. The largest absolute Gasteiger partial charge is 0.351 e. The van der Waals surface area contributed by atoms with Crippen LogP contribution in [0, 0.1) is 0 Å². The second-order valence-corrected chi connectivity index (χ2v) is 11.3. The van der Waals surface area contributed by atoms with Crippen LogP contribution in [0.4, 0.5) is 5.69 Å².